The largest absolute Gasteiger partial charge is 0.462 e. The molecule has 0 heterocycles. The summed E-state index contributed by atoms with van der Waals surface area (Å²) in [5.41, 5.74) is 0. The van der Waals surface area contributed by atoms with Crippen molar-refractivity contribution in [3.8, 4) is 0 Å². The van der Waals surface area contributed by atoms with Crippen molar-refractivity contribution in [3.05, 3.63) is 60.8 Å². The molecule has 0 rings (SSSR count). The van der Waals surface area contributed by atoms with Crippen molar-refractivity contribution in [2.45, 2.75) is 258 Å². The molecule has 0 amide bonds. The van der Waals surface area contributed by atoms with Gasteiger partial charge in [0, 0.05) is 19.3 Å². The first-order chi connectivity index (χ1) is 30.0. The second-order valence-electron chi connectivity index (χ2n) is 17.1. The summed E-state index contributed by atoms with van der Waals surface area (Å²) in [6.07, 6.45) is 60.6. The third-order valence-corrected chi connectivity index (χ3v) is 11.0. The van der Waals surface area contributed by atoms with Crippen molar-refractivity contribution in [1.82, 2.24) is 0 Å². The van der Waals surface area contributed by atoms with E-state index in [0.29, 0.717) is 19.3 Å². The fraction of sp³-hybridized carbons (Fsp3) is 0.764. The lowest BCUT2D eigenvalue weighted by atomic mass is 10.1. The van der Waals surface area contributed by atoms with Gasteiger partial charge in [0.05, 0.1) is 0 Å². The highest BCUT2D eigenvalue weighted by Crippen LogP contribution is 2.14. The van der Waals surface area contributed by atoms with Crippen LogP contribution < -0.4 is 0 Å². The number of rotatable bonds is 46. The monoisotopic (exact) mass is 853 g/mol. The maximum absolute atomic E-state index is 12.8. The van der Waals surface area contributed by atoms with Gasteiger partial charge < -0.3 is 14.2 Å². The molecule has 1 atom stereocenters. The lowest BCUT2D eigenvalue weighted by Crippen LogP contribution is -2.30. The van der Waals surface area contributed by atoms with Gasteiger partial charge in [-0.05, 0) is 89.9 Å². The van der Waals surface area contributed by atoms with Gasteiger partial charge in [-0.25, -0.2) is 0 Å². The maximum atomic E-state index is 12.8. The minimum Gasteiger partial charge on any atom is -0.462 e. The molecule has 0 aliphatic carbocycles. The van der Waals surface area contributed by atoms with Crippen LogP contribution in [0.3, 0.4) is 0 Å². The number of allylic oxidation sites excluding steroid dienone is 10. The first-order valence-corrected chi connectivity index (χ1v) is 25.8. The SMILES string of the molecule is CCCCC/C=C\C/C=C\C/C=C\CCCCC(=O)OC[C@@H](COC(=O)CCCCCCCCC/C=C\C/C=C\CCCCC)OC(=O)CCCCCCCCCCCCC. The Morgan fingerprint density at radius 1 is 0.328 bits per heavy atom. The second-order valence-corrected chi connectivity index (χ2v) is 17.1. The quantitative estimate of drug-likeness (QED) is 0.0263. The number of ether oxygens (including phenoxy) is 3. The van der Waals surface area contributed by atoms with Gasteiger partial charge in [0.15, 0.2) is 6.10 Å². The Balaban J connectivity index is 4.41. The van der Waals surface area contributed by atoms with Crippen LogP contribution in [0.1, 0.15) is 252 Å². The molecule has 352 valence electrons. The highest BCUT2D eigenvalue weighted by atomic mass is 16.6. The predicted octanol–water partition coefficient (Wildman–Crippen LogP) is 16.9. The number of hydrogen-bond donors (Lipinski definition) is 0. The molecule has 0 radical (unpaired) electrons. The first-order valence-electron chi connectivity index (χ1n) is 25.8. The molecular weight excluding hydrogens is 757 g/mol. The summed E-state index contributed by atoms with van der Waals surface area (Å²) < 4.78 is 16.7. The van der Waals surface area contributed by atoms with Gasteiger partial charge in [0.2, 0.25) is 0 Å². The number of carbonyl (C=O) groups is 3. The molecular formula is C55H96O6. The van der Waals surface area contributed by atoms with Crippen LogP contribution in [0.4, 0.5) is 0 Å². The summed E-state index contributed by atoms with van der Waals surface area (Å²) in [4.78, 5) is 37.9. The lowest BCUT2D eigenvalue weighted by Gasteiger charge is -2.18. The Morgan fingerprint density at radius 2 is 0.590 bits per heavy atom. The summed E-state index contributed by atoms with van der Waals surface area (Å²) >= 11 is 0. The third kappa shape index (κ3) is 48.0. The zero-order chi connectivity index (χ0) is 44.4. The highest BCUT2D eigenvalue weighted by molar-refractivity contribution is 5.71. The summed E-state index contributed by atoms with van der Waals surface area (Å²) in [7, 11) is 0. The molecule has 0 unspecified atom stereocenters. The molecule has 6 heteroatoms. The molecule has 0 aromatic rings. The van der Waals surface area contributed by atoms with Crippen LogP contribution in [-0.2, 0) is 28.6 Å². The van der Waals surface area contributed by atoms with Crippen molar-refractivity contribution >= 4 is 17.9 Å². The van der Waals surface area contributed by atoms with E-state index in [0.717, 1.165) is 83.5 Å². The van der Waals surface area contributed by atoms with Crippen molar-refractivity contribution in [2.24, 2.45) is 0 Å². The van der Waals surface area contributed by atoms with Crippen LogP contribution in [0.2, 0.25) is 0 Å². The molecule has 0 aromatic heterocycles. The fourth-order valence-electron chi connectivity index (χ4n) is 7.07. The second kappa shape index (κ2) is 49.8. The van der Waals surface area contributed by atoms with Crippen LogP contribution in [0.5, 0.6) is 0 Å². The smallest absolute Gasteiger partial charge is 0.306 e. The van der Waals surface area contributed by atoms with Crippen molar-refractivity contribution in [2.75, 3.05) is 13.2 Å². The molecule has 0 N–H and O–H groups in total. The Morgan fingerprint density at radius 3 is 0.984 bits per heavy atom. The molecule has 0 aliphatic heterocycles. The summed E-state index contributed by atoms with van der Waals surface area (Å²) in [5, 5.41) is 0. The molecule has 0 saturated heterocycles. The fourth-order valence-corrected chi connectivity index (χ4v) is 7.07. The number of carbonyl (C=O) groups excluding carboxylic acids is 3. The minimum atomic E-state index is -0.789. The van der Waals surface area contributed by atoms with Gasteiger partial charge in [-0.1, -0.05) is 204 Å². The minimum absolute atomic E-state index is 0.0890. The predicted molar refractivity (Wildman–Crippen MR) is 261 cm³/mol. The van der Waals surface area contributed by atoms with Crippen LogP contribution in [0.25, 0.3) is 0 Å². The zero-order valence-electron chi connectivity index (χ0n) is 40.2. The maximum Gasteiger partial charge on any atom is 0.306 e. The van der Waals surface area contributed by atoms with Gasteiger partial charge in [-0.2, -0.15) is 0 Å². The Labute approximate surface area is 377 Å². The van der Waals surface area contributed by atoms with E-state index in [1.54, 1.807) is 0 Å². The molecule has 0 bridgehead atoms. The van der Waals surface area contributed by atoms with Gasteiger partial charge in [0.25, 0.3) is 0 Å². The Bertz CT molecular complexity index is 1120. The lowest BCUT2D eigenvalue weighted by molar-refractivity contribution is -0.167. The Kier molecular flexibility index (Phi) is 47.4. The molecule has 0 saturated carbocycles. The summed E-state index contributed by atoms with van der Waals surface area (Å²) in [6, 6.07) is 0. The number of unbranched alkanes of at least 4 members (excludes halogenated alkanes) is 25. The van der Waals surface area contributed by atoms with Gasteiger partial charge >= 0.3 is 17.9 Å². The van der Waals surface area contributed by atoms with Crippen molar-refractivity contribution in [3.63, 3.8) is 0 Å². The molecule has 6 nitrogen and oxygen atoms in total. The zero-order valence-corrected chi connectivity index (χ0v) is 40.2. The van der Waals surface area contributed by atoms with E-state index in [4.69, 9.17) is 14.2 Å². The molecule has 0 fully saturated rings. The van der Waals surface area contributed by atoms with Crippen LogP contribution in [0.15, 0.2) is 60.8 Å². The average Bonchev–Trinajstić information content (AvgIpc) is 3.26. The van der Waals surface area contributed by atoms with Crippen LogP contribution in [-0.4, -0.2) is 37.2 Å². The number of hydrogen-bond acceptors (Lipinski definition) is 6. The van der Waals surface area contributed by atoms with E-state index in [-0.39, 0.29) is 31.1 Å². The topological polar surface area (TPSA) is 78.9 Å². The van der Waals surface area contributed by atoms with E-state index in [2.05, 4.69) is 81.5 Å². The van der Waals surface area contributed by atoms with E-state index >= 15 is 0 Å². The first kappa shape index (κ1) is 58.1. The standard InChI is InChI=1S/C55H96O6/c1-4-7-10-13-16-19-22-24-26-27-29-31-34-36-39-42-45-48-54(57)60-51-52(61-55(58)49-46-43-40-37-32-21-18-15-12-9-6-3)50-59-53(56)47-44-41-38-35-33-30-28-25-23-20-17-14-11-8-5-2/h16-17,19-20,24-26,28,33,35,52H,4-15,18,21-23,27,29-32,34,36-51H2,1-3H3/b19-16-,20-17-,26-24-,28-25-,35-33-/t52-/m0/s1. The van der Waals surface area contributed by atoms with Crippen LogP contribution >= 0.6 is 0 Å². The average molecular weight is 853 g/mol. The highest BCUT2D eigenvalue weighted by Gasteiger charge is 2.19. The van der Waals surface area contributed by atoms with Crippen molar-refractivity contribution < 1.29 is 28.6 Å². The summed E-state index contributed by atoms with van der Waals surface area (Å²) in [5.74, 6) is -0.932. The van der Waals surface area contributed by atoms with Gasteiger partial charge in [-0.15, -0.1) is 0 Å². The van der Waals surface area contributed by atoms with Crippen molar-refractivity contribution in [1.29, 1.82) is 0 Å². The third-order valence-electron chi connectivity index (χ3n) is 11.0. The van der Waals surface area contributed by atoms with E-state index in [9.17, 15) is 14.4 Å². The normalized spacial score (nSPS) is 12.5. The molecule has 0 spiro atoms. The van der Waals surface area contributed by atoms with Gasteiger partial charge in [0.1, 0.15) is 13.2 Å². The van der Waals surface area contributed by atoms with Crippen LogP contribution in [0, 0.1) is 0 Å². The number of esters is 3. The Hall–Kier alpha value is -2.89. The van der Waals surface area contributed by atoms with Gasteiger partial charge in [-0.3, -0.25) is 14.4 Å². The molecule has 0 aromatic carbocycles. The van der Waals surface area contributed by atoms with E-state index in [1.165, 1.54) is 128 Å². The van der Waals surface area contributed by atoms with E-state index < -0.39 is 6.10 Å². The molecule has 0 aliphatic rings. The van der Waals surface area contributed by atoms with E-state index in [1.807, 2.05) is 0 Å². The summed E-state index contributed by atoms with van der Waals surface area (Å²) in [6.45, 7) is 6.54. The molecule has 61 heavy (non-hydrogen) atoms.